The van der Waals surface area contributed by atoms with E-state index < -0.39 is 0 Å². The molecule has 0 unspecified atom stereocenters. The van der Waals surface area contributed by atoms with E-state index in [0.29, 0.717) is 27.9 Å². The fourth-order valence-electron chi connectivity index (χ4n) is 2.73. The van der Waals surface area contributed by atoms with Crippen molar-refractivity contribution in [1.29, 1.82) is 0 Å². The molecule has 1 aromatic heterocycles. The van der Waals surface area contributed by atoms with Crippen LogP contribution in [0, 0.1) is 0 Å². The molecule has 0 amide bonds. The molecule has 0 saturated carbocycles. The summed E-state index contributed by atoms with van der Waals surface area (Å²) >= 11 is 1.20. The third-order valence-corrected chi connectivity index (χ3v) is 4.91. The normalized spacial score (nSPS) is 10.6. The number of hydrogen-bond donors (Lipinski definition) is 1. The van der Waals surface area contributed by atoms with E-state index in [1.54, 1.807) is 0 Å². The third kappa shape index (κ3) is 4.80. The van der Waals surface area contributed by atoms with Crippen LogP contribution >= 0.6 is 11.3 Å². The lowest BCUT2D eigenvalue weighted by Crippen LogP contribution is -2.03. The Bertz CT molecular complexity index is 934. The lowest BCUT2D eigenvalue weighted by atomic mass is 10.0. The Kier molecular flexibility index (Phi) is 5.98. The lowest BCUT2D eigenvalue weighted by molar-refractivity contribution is -0.141. The molecular weight excluding hydrogens is 360 g/mol. The molecule has 138 valence electrons. The largest absolute Gasteiger partial charge is 0.466 e. The monoisotopic (exact) mass is 380 g/mol. The second kappa shape index (κ2) is 8.60. The molecule has 0 aliphatic rings. The van der Waals surface area contributed by atoms with Gasteiger partial charge in [-0.25, -0.2) is 4.98 Å². The van der Waals surface area contributed by atoms with Gasteiger partial charge in [0.2, 0.25) is 5.78 Å². The molecule has 0 radical (unpaired) electrons. The minimum atomic E-state index is -0.269. The standard InChI is InChI=1S/C21H20N2O3S/c1-14(24)26-13-5-6-15-9-11-17(12-10-15)19(25)20-18(23-21(22)27-20)16-7-3-2-4-8-16/h2-4,7-12H,5-6,13H2,1H3,(H2,22,23). The summed E-state index contributed by atoms with van der Waals surface area (Å²) in [4.78, 5) is 28.6. The van der Waals surface area contributed by atoms with Gasteiger partial charge in [-0.15, -0.1) is 0 Å². The van der Waals surface area contributed by atoms with E-state index in [0.717, 1.165) is 24.0 Å². The zero-order chi connectivity index (χ0) is 19.2. The van der Waals surface area contributed by atoms with E-state index in [1.807, 2.05) is 54.6 Å². The molecule has 0 aliphatic carbocycles. The van der Waals surface area contributed by atoms with E-state index in [1.165, 1.54) is 18.3 Å². The first-order chi connectivity index (χ1) is 13.0. The van der Waals surface area contributed by atoms with Crippen molar-refractivity contribution in [3.05, 3.63) is 70.6 Å². The molecule has 0 bridgehead atoms. The maximum atomic E-state index is 13.0. The number of nitrogens with zero attached hydrogens (tertiary/aromatic N) is 1. The van der Waals surface area contributed by atoms with Crippen molar-refractivity contribution >= 4 is 28.2 Å². The van der Waals surface area contributed by atoms with Gasteiger partial charge in [0.05, 0.1) is 12.3 Å². The number of aromatic nitrogens is 1. The second-order valence-corrected chi connectivity index (χ2v) is 7.10. The average Bonchev–Trinajstić information content (AvgIpc) is 3.07. The van der Waals surface area contributed by atoms with Gasteiger partial charge in [0, 0.05) is 18.1 Å². The van der Waals surface area contributed by atoms with E-state index in [4.69, 9.17) is 10.5 Å². The maximum Gasteiger partial charge on any atom is 0.302 e. The summed E-state index contributed by atoms with van der Waals surface area (Å²) in [6, 6.07) is 17.0. The first-order valence-corrected chi connectivity index (χ1v) is 9.45. The van der Waals surface area contributed by atoms with Crippen LogP contribution in [-0.4, -0.2) is 23.3 Å². The number of carbonyl (C=O) groups is 2. The maximum absolute atomic E-state index is 13.0. The zero-order valence-electron chi connectivity index (χ0n) is 15.0. The Balaban J connectivity index is 1.74. The molecule has 0 fully saturated rings. The fourth-order valence-corrected chi connectivity index (χ4v) is 3.55. The number of aryl methyl sites for hydroxylation is 1. The SMILES string of the molecule is CC(=O)OCCCc1ccc(C(=O)c2sc(N)nc2-c2ccccc2)cc1. The number of benzene rings is 2. The highest BCUT2D eigenvalue weighted by Crippen LogP contribution is 2.31. The van der Waals surface area contributed by atoms with Gasteiger partial charge in [-0.3, -0.25) is 9.59 Å². The first kappa shape index (κ1) is 18.8. The quantitative estimate of drug-likeness (QED) is 0.379. The second-order valence-electron chi connectivity index (χ2n) is 6.07. The Morgan fingerprint density at radius 3 is 2.44 bits per heavy atom. The van der Waals surface area contributed by atoms with Crippen LogP contribution < -0.4 is 5.73 Å². The highest BCUT2D eigenvalue weighted by atomic mass is 32.1. The molecule has 1 heterocycles. The summed E-state index contributed by atoms with van der Waals surface area (Å²) < 4.78 is 4.93. The highest BCUT2D eigenvalue weighted by Gasteiger charge is 2.20. The summed E-state index contributed by atoms with van der Waals surface area (Å²) in [6.45, 7) is 1.80. The zero-order valence-corrected chi connectivity index (χ0v) is 15.8. The summed E-state index contributed by atoms with van der Waals surface area (Å²) in [5, 5.41) is 0.374. The third-order valence-electron chi connectivity index (χ3n) is 4.03. The van der Waals surface area contributed by atoms with Crippen LogP contribution in [0.3, 0.4) is 0 Å². The van der Waals surface area contributed by atoms with Crippen LogP contribution in [0.5, 0.6) is 0 Å². The molecule has 2 aromatic carbocycles. The highest BCUT2D eigenvalue weighted by molar-refractivity contribution is 7.18. The predicted molar refractivity (Wildman–Crippen MR) is 107 cm³/mol. The molecular formula is C21H20N2O3S. The van der Waals surface area contributed by atoms with Crippen LogP contribution in [0.4, 0.5) is 5.13 Å². The van der Waals surface area contributed by atoms with Gasteiger partial charge in [-0.1, -0.05) is 65.9 Å². The van der Waals surface area contributed by atoms with Crippen molar-refractivity contribution in [2.24, 2.45) is 0 Å². The van der Waals surface area contributed by atoms with Crippen LogP contribution in [0.25, 0.3) is 11.3 Å². The van der Waals surface area contributed by atoms with Gasteiger partial charge >= 0.3 is 5.97 Å². The van der Waals surface area contributed by atoms with Gasteiger partial charge in [0.15, 0.2) is 5.13 Å². The topological polar surface area (TPSA) is 82.3 Å². The Morgan fingerprint density at radius 1 is 1.07 bits per heavy atom. The van der Waals surface area contributed by atoms with E-state index in [-0.39, 0.29) is 11.8 Å². The minimum absolute atomic E-state index is 0.0884. The van der Waals surface area contributed by atoms with Gasteiger partial charge in [0.25, 0.3) is 0 Å². The number of hydrogen-bond acceptors (Lipinski definition) is 6. The molecule has 3 rings (SSSR count). The molecule has 27 heavy (non-hydrogen) atoms. The predicted octanol–water partition coefficient (Wildman–Crippen LogP) is 4.12. The fraction of sp³-hybridized carbons (Fsp3) is 0.190. The van der Waals surface area contributed by atoms with Crippen LogP contribution in [0.15, 0.2) is 54.6 Å². The van der Waals surface area contributed by atoms with Crippen LogP contribution in [0.1, 0.15) is 34.1 Å². The Hall–Kier alpha value is -2.99. The smallest absolute Gasteiger partial charge is 0.302 e. The first-order valence-electron chi connectivity index (χ1n) is 8.63. The van der Waals surface area contributed by atoms with Crippen molar-refractivity contribution in [3.63, 3.8) is 0 Å². The van der Waals surface area contributed by atoms with Crippen molar-refractivity contribution in [1.82, 2.24) is 4.98 Å². The summed E-state index contributed by atoms with van der Waals surface area (Å²) in [6.07, 6.45) is 1.53. The van der Waals surface area contributed by atoms with E-state index in [2.05, 4.69) is 4.98 Å². The number of esters is 1. The Morgan fingerprint density at radius 2 is 1.78 bits per heavy atom. The van der Waals surface area contributed by atoms with Crippen LogP contribution in [-0.2, 0) is 16.0 Å². The van der Waals surface area contributed by atoms with E-state index >= 15 is 0 Å². The number of carbonyl (C=O) groups excluding carboxylic acids is 2. The van der Waals surface area contributed by atoms with Crippen molar-refractivity contribution < 1.29 is 14.3 Å². The number of nitrogen functional groups attached to an aromatic ring is 1. The number of ketones is 1. The van der Waals surface area contributed by atoms with Gasteiger partial charge < -0.3 is 10.5 Å². The van der Waals surface area contributed by atoms with Crippen molar-refractivity contribution in [2.45, 2.75) is 19.8 Å². The number of thiazole rings is 1. The minimum Gasteiger partial charge on any atom is -0.466 e. The molecule has 0 spiro atoms. The lowest BCUT2D eigenvalue weighted by Gasteiger charge is -2.05. The van der Waals surface area contributed by atoms with Gasteiger partial charge in [0.1, 0.15) is 4.88 Å². The van der Waals surface area contributed by atoms with Crippen molar-refractivity contribution in [3.8, 4) is 11.3 Å². The molecule has 0 saturated heterocycles. The number of rotatable bonds is 7. The average molecular weight is 380 g/mol. The summed E-state index contributed by atoms with van der Waals surface area (Å²) in [5.41, 5.74) is 9.04. The molecule has 6 heteroatoms. The number of ether oxygens (including phenoxy) is 1. The van der Waals surface area contributed by atoms with Crippen molar-refractivity contribution in [2.75, 3.05) is 12.3 Å². The van der Waals surface area contributed by atoms with Crippen LogP contribution in [0.2, 0.25) is 0 Å². The molecule has 5 nitrogen and oxygen atoms in total. The molecule has 2 N–H and O–H groups in total. The van der Waals surface area contributed by atoms with Gasteiger partial charge in [-0.2, -0.15) is 0 Å². The van der Waals surface area contributed by atoms with E-state index in [9.17, 15) is 9.59 Å². The molecule has 0 aliphatic heterocycles. The summed E-state index contributed by atoms with van der Waals surface area (Å²) in [5.74, 6) is -0.358. The molecule has 3 aromatic rings. The Labute approximate surface area is 161 Å². The van der Waals surface area contributed by atoms with Gasteiger partial charge in [-0.05, 0) is 18.4 Å². The molecule has 0 atom stereocenters. The summed E-state index contributed by atoms with van der Waals surface area (Å²) in [7, 11) is 0. The number of nitrogens with two attached hydrogens (primary N) is 1. The number of anilines is 1.